The van der Waals surface area contributed by atoms with E-state index in [2.05, 4.69) is 24.5 Å². The van der Waals surface area contributed by atoms with Crippen LogP contribution in [-0.4, -0.2) is 5.75 Å². The van der Waals surface area contributed by atoms with Gasteiger partial charge in [0.2, 0.25) is 0 Å². The summed E-state index contributed by atoms with van der Waals surface area (Å²) in [5.41, 5.74) is 1.09. The first-order chi connectivity index (χ1) is 6.16. The monoisotopic (exact) mass is 214 g/mol. The van der Waals surface area contributed by atoms with E-state index in [9.17, 15) is 4.39 Å². The third kappa shape index (κ3) is 2.40. The van der Waals surface area contributed by atoms with Crippen molar-refractivity contribution >= 4 is 24.2 Å². The Hall–Kier alpha value is -0.650. The third-order valence-corrected chi connectivity index (χ3v) is 2.27. The third-order valence-electron chi connectivity index (χ3n) is 1.62. The Morgan fingerprint density at radius 2 is 2.23 bits per heavy atom. The van der Waals surface area contributed by atoms with Gasteiger partial charge in [-0.25, -0.2) is 4.39 Å². The van der Waals surface area contributed by atoms with Crippen LogP contribution in [0, 0.1) is 24.6 Å². The molecule has 68 valence electrons. The van der Waals surface area contributed by atoms with Crippen molar-refractivity contribution in [2.24, 2.45) is 0 Å². The summed E-state index contributed by atoms with van der Waals surface area (Å²) < 4.78 is 12.9. The van der Waals surface area contributed by atoms with E-state index in [4.69, 9.17) is 11.6 Å². The normalized spacial score (nSPS) is 9.23. The minimum Gasteiger partial charge on any atom is -0.207 e. The quantitative estimate of drug-likeness (QED) is 0.498. The van der Waals surface area contributed by atoms with E-state index >= 15 is 0 Å². The lowest BCUT2D eigenvalue weighted by atomic mass is 10.1. The summed E-state index contributed by atoms with van der Waals surface area (Å²) >= 11 is 9.81. The molecule has 0 aromatic heterocycles. The minimum atomic E-state index is -0.304. The van der Waals surface area contributed by atoms with E-state index in [0.29, 0.717) is 21.9 Å². The van der Waals surface area contributed by atoms with Gasteiger partial charge in [0.05, 0.1) is 10.8 Å². The molecule has 0 unspecified atom stereocenters. The molecule has 0 amide bonds. The fourth-order valence-corrected chi connectivity index (χ4v) is 1.17. The molecule has 0 aliphatic carbocycles. The van der Waals surface area contributed by atoms with Gasteiger partial charge in [0.15, 0.2) is 0 Å². The van der Waals surface area contributed by atoms with Crippen molar-refractivity contribution < 1.29 is 4.39 Å². The molecule has 0 N–H and O–H groups in total. The van der Waals surface area contributed by atoms with Crippen molar-refractivity contribution in [2.45, 2.75) is 6.92 Å². The molecule has 1 aromatic rings. The van der Waals surface area contributed by atoms with Crippen LogP contribution in [0.15, 0.2) is 12.1 Å². The van der Waals surface area contributed by atoms with Gasteiger partial charge in [-0.2, -0.15) is 12.6 Å². The standard InChI is InChI=1S/C10H8ClFS/c1-7-9(12)5-4-8(10(7)11)3-2-6-13/h4-5,13H,6H2,1H3. The van der Waals surface area contributed by atoms with Gasteiger partial charge in [-0.15, -0.1) is 0 Å². The lowest BCUT2D eigenvalue weighted by molar-refractivity contribution is 0.618. The maximum atomic E-state index is 12.9. The van der Waals surface area contributed by atoms with Crippen LogP contribution in [0.1, 0.15) is 11.1 Å². The molecule has 0 saturated carbocycles. The molecule has 1 aromatic carbocycles. The van der Waals surface area contributed by atoms with Crippen LogP contribution in [0.4, 0.5) is 4.39 Å². The molecule has 0 spiro atoms. The van der Waals surface area contributed by atoms with E-state index < -0.39 is 0 Å². The molecule has 3 heteroatoms. The Bertz CT molecular complexity index is 376. The molecule has 0 aliphatic rings. The molecule has 0 bridgehead atoms. The fourth-order valence-electron chi connectivity index (χ4n) is 0.893. The smallest absolute Gasteiger partial charge is 0.127 e. The second kappa shape index (κ2) is 4.55. The highest BCUT2D eigenvalue weighted by atomic mass is 35.5. The Morgan fingerprint density at radius 1 is 1.54 bits per heavy atom. The maximum Gasteiger partial charge on any atom is 0.127 e. The number of hydrogen-bond donors (Lipinski definition) is 1. The highest BCUT2D eigenvalue weighted by Gasteiger charge is 2.05. The zero-order valence-electron chi connectivity index (χ0n) is 7.06. The topological polar surface area (TPSA) is 0 Å². The average Bonchev–Trinajstić information content (AvgIpc) is 2.13. The summed E-state index contributed by atoms with van der Waals surface area (Å²) in [6.07, 6.45) is 0. The van der Waals surface area contributed by atoms with Crippen LogP contribution in [-0.2, 0) is 0 Å². The molecule has 0 nitrogen and oxygen atoms in total. The molecule has 0 fully saturated rings. The van der Waals surface area contributed by atoms with Crippen molar-refractivity contribution in [1.82, 2.24) is 0 Å². The molecular formula is C10H8ClFS. The van der Waals surface area contributed by atoms with Gasteiger partial charge in [-0.3, -0.25) is 0 Å². The van der Waals surface area contributed by atoms with Crippen LogP contribution < -0.4 is 0 Å². The first-order valence-corrected chi connectivity index (χ1v) is 4.72. The largest absolute Gasteiger partial charge is 0.207 e. The maximum absolute atomic E-state index is 12.9. The van der Waals surface area contributed by atoms with Crippen molar-refractivity contribution in [3.8, 4) is 11.8 Å². The molecule has 0 radical (unpaired) electrons. The van der Waals surface area contributed by atoms with Gasteiger partial charge in [0, 0.05) is 11.1 Å². The summed E-state index contributed by atoms with van der Waals surface area (Å²) in [6.45, 7) is 1.63. The van der Waals surface area contributed by atoms with Crippen molar-refractivity contribution in [1.29, 1.82) is 0 Å². The van der Waals surface area contributed by atoms with Crippen LogP contribution in [0.3, 0.4) is 0 Å². The summed E-state index contributed by atoms with van der Waals surface area (Å²) in [6, 6.07) is 2.94. The molecule has 0 atom stereocenters. The lowest BCUT2D eigenvalue weighted by Gasteiger charge is -2.01. The average molecular weight is 215 g/mol. The Labute approximate surface area is 87.5 Å². The number of hydrogen-bond acceptors (Lipinski definition) is 1. The van der Waals surface area contributed by atoms with Gasteiger partial charge in [-0.05, 0) is 19.1 Å². The van der Waals surface area contributed by atoms with Gasteiger partial charge in [0.25, 0.3) is 0 Å². The molecule has 0 saturated heterocycles. The molecule has 0 aliphatic heterocycles. The highest BCUT2D eigenvalue weighted by molar-refractivity contribution is 7.80. The highest BCUT2D eigenvalue weighted by Crippen LogP contribution is 2.22. The Balaban J connectivity index is 3.18. The molecular weight excluding hydrogens is 207 g/mol. The van der Waals surface area contributed by atoms with Crippen LogP contribution in [0.2, 0.25) is 5.02 Å². The van der Waals surface area contributed by atoms with Crippen LogP contribution in [0.25, 0.3) is 0 Å². The molecule has 0 heterocycles. The van der Waals surface area contributed by atoms with Crippen LogP contribution in [0.5, 0.6) is 0 Å². The van der Waals surface area contributed by atoms with E-state index in [1.807, 2.05) is 0 Å². The molecule has 13 heavy (non-hydrogen) atoms. The second-order valence-corrected chi connectivity index (χ2v) is 3.19. The number of thiol groups is 1. The predicted molar refractivity (Wildman–Crippen MR) is 56.9 cm³/mol. The van der Waals surface area contributed by atoms with E-state index in [-0.39, 0.29) is 5.82 Å². The summed E-state index contributed by atoms with van der Waals surface area (Å²) in [5.74, 6) is 5.73. The lowest BCUT2D eigenvalue weighted by Crippen LogP contribution is -1.87. The summed E-state index contributed by atoms with van der Waals surface area (Å²) in [4.78, 5) is 0. The predicted octanol–water partition coefficient (Wildman–Crippen LogP) is 3.07. The van der Waals surface area contributed by atoms with E-state index in [1.54, 1.807) is 13.0 Å². The van der Waals surface area contributed by atoms with Gasteiger partial charge < -0.3 is 0 Å². The van der Waals surface area contributed by atoms with Crippen molar-refractivity contribution in [2.75, 3.05) is 5.75 Å². The van der Waals surface area contributed by atoms with Gasteiger partial charge >= 0.3 is 0 Å². The van der Waals surface area contributed by atoms with Crippen LogP contribution >= 0.6 is 24.2 Å². The van der Waals surface area contributed by atoms with Gasteiger partial charge in [0.1, 0.15) is 5.82 Å². The first kappa shape index (κ1) is 10.4. The number of rotatable bonds is 0. The summed E-state index contributed by atoms with van der Waals surface area (Å²) in [7, 11) is 0. The number of halogens is 2. The van der Waals surface area contributed by atoms with E-state index in [1.165, 1.54) is 6.07 Å². The van der Waals surface area contributed by atoms with E-state index in [0.717, 1.165) is 0 Å². The first-order valence-electron chi connectivity index (χ1n) is 3.71. The van der Waals surface area contributed by atoms with Crippen molar-refractivity contribution in [3.63, 3.8) is 0 Å². The van der Waals surface area contributed by atoms with Gasteiger partial charge in [-0.1, -0.05) is 23.4 Å². The zero-order chi connectivity index (χ0) is 9.84. The van der Waals surface area contributed by atoms with Crippen molar-refractivity contribution in [3.05, 3.63) is 34.1 Å². The summed E-state index contributed by atoms with van der Waals surface area (Å²) in [5, 5.41) is 0.384. The Kier molecular flexibility index (Phi) is 3.65. The molecule has 1 rings (SSSR count). The second-order valence-electron chi connectivity index (χ2n) is 2.49. The zero-order valence-corrected chi connectivity index (χ0v) is 8.72. The fraction of sp³-hybridized carbons (Fsp3) is 0.200. The SMILES string of the molecule is Cc1c(F)ccc(C#CCS)c1Cl. The Morgan fingerprint density at radius 3 is 2.85 bits per heavy atom. The number of benzene rings is 1. The minimum absolute atomic E-state index is 0.304.